The van der Waals surface area contributed by atoms with Crippen molar-refractivity contribution in [3.63, 3.8) is 0 Å². The summed E-state index contributed by atoms with van der Waals surface area (Å²) in [5.74, 6) is -1.41. The fourth-order valence-electron chi connectivity index (χ4n) is 1.50. The zero-order valence-corrected chi connectivity index (χ0v) is 10.2. The van der Waals surface area contributed by atoms with Crippen LogP contribution in [0.5, 0.6) is 0 Å². The van der Waals surface area contributed by atoms with Crippen LogP contribution < -0.4 is 16.8 Å². The van der Waals surface area contributed by atoms with E-state index < -0.39 is 17.9 Å². The van der Waals surface area contributed by atoms with Crippen LogP contribution in [0.3, 0.4) is 0 Å². The molecule has 0 radical (unpaired) electrons. The SMILES string of the molecule is NCCCCCCN[C@@H](CCC(N)=O)C(=O)O. The van der Waals surface area contributed by atoms with Crippen molar-refractivity contribution in [2.24, 2.45) is 11.5 Å². The maximum Gasteiger partial charge on any atom is 0.320 e. The van der Waals surface area contributed by atoms with Gasteiger partial charge in [-0.3, -0.25) is 9.59 Å². The molecule has 1 amide bonds. The minimum absolute atomic E-state index is 0.0944. The van der Waals surface area contributed by atoms with Gasteiger partial charge in [0.25, 0.3) is 0 Å². The van der Waals surface area contributed by atoms with Crippen LogP contribution in [0.2, 0.25) is 0 Å². The number of nitrogens with two attached hydrogens (primary N) is 2. The molecule has 0 aromatic carbocycles. The van der Waals surface area contributed by atoms with Crippen LogP contribution in [0.1, 0.15) is 38.5 Å². The summed E-state index contributed by atoms with van der Waals surface area (Å²) in [4.78, 5) is 21.4. The number of unbranched alkanes of at least 4 members (excludes halogenated alkanes) is 3. The predicted molar refractivity (Wildman–Crippen MR) is 65.4 cm³/mol. The number of carbonyl (C=O) groups excluding carboxylic acids is 1. The number of carboxylic acid groups (broad SMARTS) is 1. The van der Waals surface area contributed by atoms with E-state index in [1.54, 1.807) is 0 Å². The first kappa shape index (κ1) is 15.9. The molecule has 0 aromatic heterocycles. The first-order valence-corrected chi connectivity index (χ1v) is 6.02. The van der Waals surface area contributed by atoms with Gasteiger partial charge >= 0.3 is 5.97 Å². The minimum Gasteiger partial charge on any atom is -0.480 e. The fourth-order valence-corrected chi connectivity index (χ4v) is 1.50. The van der Waals surface area contributed by atoms with Gasteiger partial charge in [0.15, 0.2) is 0 Å². The van der Waals surface area contributed by atoms with Gasteiger partial charge in [-0.15, -0.1) is 0 Å². The van der Waals surface area contributed by atoms with Crippen molar-refractivity contribution >= 4 is 11.9 Å². The summed E-state index contributed by atoms with van der Waals surface area (Å²) in [6, 6.07) is -0.683. The predicted octanol–water partition coefficient (Wildman–Crippen LogP) is -0.186. The largest absolute Gasteiger partial charge is 0.480 e. The van der Waals surface area contributed by atoms with Crippen molar-refractivity contribution in [3.8, 4) is 0 Å². The third kappa shape index (κ3) is 9.77. The Balaban J connectivity index is 3.63. The molecule has 0 aliphatic rings. The van der Waals surface area contributed by atoms with Gasteiger partial charge in [-0.1, -0.05) is 12.8 Å². The second kappa shape index (κ2) is 10.0. The van der Waals surface area contributed by atoms with Crippen LogP contribution in [0.15, 0.2) is 0 Å². The molecular formula is C11H23N3O3. The zero-order chi connectivity index (χ0) is 13.1. The number of aliphatic carboxylic acids is 1. The molecule has 0 fully saturated rings. The molecule has 6 nitrogen and oxygen atoms in total. The van der Waals surface area contributed by atoms with E-state index in [0.29, 0.717) is 13.1 Å². The number of hydrogen-bond donors (Lipinski definition) is 4. The van der Waals surface area contributed by atoms with E-state index in [1.807, 2.05) is 0 Å². The lowest BCUT2D eigenvalue weighted by atomic mass is 10.1. The van der Waals surface area contributed by atoms with Crippen molar-refractivity contribution in [1.82, 2.24) is 5.32 Å². The molecule has 6 N–H and O–H groups in total. The average Bonchev–Trinajstić information content (AvgIpc) is 2.26. The number of carbonyl (C=O) groups is 2. The van der Waals surface area contributed by atoms with Crippen molar-refractivity contribution in [3.05, 3.63) is 0 Å². The summed E-state index contributed by atoms with van der Waals surface area (Å²) in [6.07, 6.45) is 4.36. The summed E-state index contributed by atoms with van der Waals surface area (Å²) in [7, 11) is 0. The molecule has 17 heavy (non-hydrogen) atoms. The van der Waals surface area contributed by atoms with Crippen LogP contribution in [-0.4, -0.2) is 36.1 Å². The van der Waals surface area contributed by atoms with Crippen molar-refractivity contribution in [2.45, 2.75) is 44.6 Å². The third-order valence-corrected chi connectivity index (χ3v) is 2.50. The summed E-state index contributed by atoms with van der Waals surface area (Å²) in [5, 5.41) is 11.8. The molecule has 100 valence electrons. The van der Waals surface area contributed by atoms with Crippen molar-refractivity contribution in [2.75, 3.05) is 13.1 Å². The number of hydrogen-bond acceptors (Lipinski definition) is 4. The molecule has 0 saturated carbocycles. The second-order valence-corrected chi connectivity index (χ2v) is 4.05. The number of nitrogens with one attached hydrogen (secondary N) is 1. The van der Waals surface area contributed by atoms with Crippen LogP contribution in [-0.2, 0) is 9.59 Å². The van der Waals surface area contributed by atoms with Crippen molar-refractivity contribution in [1.29, 1.82) is 0 Å². The minimum atomic E-state index is -0.937. The van der Waals surface area contributed by atoms with Gasteiger partial charge in [0.1, 0.15) is 6.04 Å². The van der Waals surface area contributed by atoms with Crippen LogP contribution in [0, 0.1) is 0 Å². The Bertz CT molecular complexity index is 234. The van der Waals surface area contributed by atoms with Crippen molar-refractivity contribution < 1.29 is 14.7 Å². The van der Waals surface area contributed by atoms with E-state index in [4.69, 9.17) is 16.6 Å². The average molecular weight is 245 g/mol. The molecule has 0 spiro atoms. The molecule has 0 aromatic rings. The lowest BCUT2D eigenvalue weighted by molar-refractivity contribution is -0.139. The molecule has 0 heterocycles. The highest BCUT2D eigenvalue weighted by atomic mass is 16.4. The number of primary amides is 1. The molecule has 1 atom stereocenters. The maximum absolute atomic E-state index is 10.8. The first-order valence-electron chi connectivity index (χ1n) is 6.02. The molecule has 0 unspecified atom stereocenters. The summed E-state index contributed by atoms with van der Waals surface area (Å²) >= 11 is 0. The van der Waals surface area contributed by atoms with Gasteiger partial charge in [-0.25, -0.2) is 0 Å². The Morgan fingerprint density at radius 3 is 2.35 bits per heavy atom. The topological polar surface area (TPSA) is 118 Å². The second-order valence-electron chi connectivity index (χ2n) is 4.05. The highest BCUT2D eigenvalue weighted by Crippen LogP contribution is 2.00. The fraction of sp³-hybridized carbons (Fsp3) is 0.818. The van der Waals surface area contributed by atoms with Gasteiger partial charge in [0.2, 0.25) is 5.91 Å². The van der Waals surface area contributed by atoms with Gasteiger partial charge < -0.3 is 21.9 Å². The Labute approximate surface area is 102 Å². The summed E-state index contributed by atoms with van der Waals surface area (Å²) in [5.41, 5.74) is 10.3. The van der Waals surface area contributed by atoms with Crippen LogP contribution in [0.4, 0.5) is 0 Å². The molecule has 0 aliphatic carbocycles. The number of amides is 1. The smallest absolute Gasteiger partial charge is 0.320 e. The zero-order valence-electron chi connectivity index (χ0n) is 10.2. The molecular weight excluding hydrogens is 222 g/mol. The lowest BCUT2D eigenvalue weighted by Crippen LogP contribution is -2.38. The van der Waals surface area contributed by atoms with Gasteiger partial charge in [0.05, 0.1) is 0 Å². The standard InChI is InChI=1S/C11H23N3O3/c12-7-3-1-2-4-8-14-9(11(16)17)5-6-10(13)15/h9,14H,1-8,12H2,(H2,13,15)(H,16,17)/t9-/m0/s1. The van der Waals surface area contributed by atoms with Gasteiger partial charge in [-0.2, -0.15) is 0 Å². The summed E-state index contributed by atoms with van der Waals surface area (Å²) in [6.45, 7) is 1.34. The third-order valence-electron chi connectivity index (χ3n) is 2.50. The molecule has 6 heteroatoms. The normalized spacial score (nSPS) is 12.3. The molecule has 0 saturated heterocycles. The number of rotatable bonds is 11. The maximum atomic E-state index is 10.8. The quantitative estimate of drug-likeness (QED) is 0.376. The van der Waals surface area contributed by atoms with E-state index in [2.05, 4.69) is 5.32 Å². The molecule has 0 rings (SSSR count). The number of carboxylic acids is 1. The Hall–Kier alpha value is -1.14. The highest BCUT2D eigenvalue weighted by Gasteiger charge is 2.16. The highest BCUT2D eigenvalue weighted by molar-refractivity contribution is 5.77. The Kier molecular flexibility index (Phi) is 9.37. The lowest BCUT2D eigenvalue weighted by Gasteiger charge is -2.13. The monoisotopic (exact) mass is 245 g/mol. The van der Waals surface area contributed by atoms with E-state index >= 15 is 0 Å². The van der Waals surface area contributed by atoms with Gasteiger partial charge in [-0.05, 0) is 32.4 Å². The summed E-state index contributed by atoms with van der Waals surface area (Å²) < 4.78 is 0. The Morgan fingerprint density at radius 2 is 1.82 bits per heavy atom. The molecule has 0 bridgehead atoms. The van der Waals surface area contributed by atoms with E-state index in [-0.39, 0.29) is 12.8 Å². The molecule has 0 aliphatic heterocycles. The van der Waals surface area contributed by atoms with E-state index in [0.717, 1.165) is 25.7 Å². The van der Waals surface area contributed by atoms with E-state index in [9.17, 15) is 9.59 Å². The van der Waals surface area contributed by atoms with E-state index in [1.165, 1.54) is 0 Å². The first-order chi connectivity index (χ1) is 8.07. The van der Waals surface area contributed by atoms with Crippen LogP contribution in [0.25, 0.3) is 0 Å². The van der Waals surface area contributed by atoms with Gasteiger partial charge in [0, 0.05) is 6.42 Å². The van der Waals surface area contributed by atoms with Crippen LogP contribution >= 0.6 is 0 Å². The Morgan fingerprint density at radius 1 is 1.18 bits per heavy atom.